The Hall–Kier alpha value is -2.56. The van der Waals surface area contributed by atoms with Crippen LogP contribution in [0.25, 0.3) is 0 Å². The lowest BCUT2D eigenvalue weighted by atomic mass is 9.45. The number of thioether (sulfide) groups is 1. The van der Waals surface area contributed by atoms with E-state index in [0.29, 0.717) is 30.3 Å². The van der Waals surface area contributed by atoms with Crippen LogP contribution in [0.2, 0.25) is 0 Å². The van der Waals surface area contributed by atoms with Crippen LogP contribution in [-0.4, -0.2) is 53.3 Å². The zero-order valence-electron chi connectivity index (χ0n) is 24.6. The SMILES string of the molecule is COCC(=O)O[C@]1(C(=O)SCF)[C@H](C)CC2[C@@H]3CCC4=CC(=Nc5ccc(F)cc5)C(=CN)C[C@]4(C)C3C(O)C[C@@]21C. The number of methoxy groups -OCH3 is 1. The van der Waals surface area contributed by atoms with Crippen LogP contribution in [0.1, 0.15) is 52.9 Å². The fraction of sp³-hybridized carbons (Fsp3) is 0.594. The van der Waals surface area contributed by atoms with E-state index in [1.54, 1.807) is 18.3 Å². The minimum atomic E-state index is -1.57. The van der Waals surface area contributed by atoms with Crippen molar-refractivity contribution in [3.05, 3.63) is 53.5 Å². The van der Waals surface area contributed by atoms with E-state index >= 15 is 0 Å². The molecule has 0 spiro atoms. The van der Waals surface area contributed by atoms with Gasteiger partial charge in [0.2, 0.25) is 5.12 Å². The van der Waals surface area contributed by atoms with Crippen molar-refractivity contribution in [3.8, 4) is 0 Å². The molecule has 228 valence electrons. The number of fused-ring (bicyclic) bond motifs is 5. The molecule has 3 fully saturated rings. The second-order valence-corrected chi connectivity index (χ2v) is 13.7. The first-order chi connectivity index (χ1) is 19.9. The van der Waals surface area contributed by atoms with Gasteiger partial charge in [-0.25, -0.2) is 18.6 Å². The number of ether oxygens (including phenoxy) is 2. The van der Waals surface area contributed by atoms with E-state index in [9.17, 15) is 23.5 Å². The molecule has 8 atom stereocenters. The zero-order valence-corrected chi connectivity index (χ0v) is 25.4. The molecule has 7 nitrogen and oxygen atoms in total. The Labute approximate surface area is 250 Å². The summed E-state index contributed by atoms with van der Waals surface area (Å²) in [7, 11) is 1.38. The van der Waals surface area contributed by atoms with Crippen molar-refractivity contribution >= 4 is 34.2 Å². The van der Waals surface area contributed by atoms with Gasteiger partial charge in [-0.15, -0.1) is 0 Å². The molecular formula is C32H40F2N2O5S. The van der Waals surface area contributed by atoms with Gasteiger partial charge in [-0.05, 0) is 109 Å². The van der Waals surface area contributed by atoms with Crippen molar-refractivity contribution < 1.29 is 33.0 Å². The van der Waals surface area contributed by atoms with E-state index in [0.717, 1.165) is 24.1 Å². The lowest BCUT2D eigenvalue weighted by Crippen LogP contribution is -2.63. The number of aliphatic hydroxyl groups is 1. The molecule has 10 heteroatoms. The monoisotopic (exact) mass is 602 g/mol. The van der Waals surface area contributed by atoms with Gasteiger partial charge >= 0.3 is 5.97 Å². The maximum absolute atomic E-state index is 13.7. The number of aliphatic imine (C=N–C) groups is 1. The lowest BCUT2D eigenvalue weighted by molar-refractivity contribution is -0.203. The first kappa shape index (κ1) is 30.9. The number of nitrogens with two attached hydrogens (primary N) is 1. The third-order valence-corrected chi connectivity index (χ3v) is 11.4. The Bertz CT molecular complexity index is 1330. The second-order valence-electron chi connectivity index (χ2n) is 12.8. The first-order valence-electron chi connectivity index (χ1n) is 14.5. The predicted octanol–water partition coefficient (Wildman–Crippen LogP) is 5.65. The molecular weight excluding hydrogens is 562 g/mol. The minimum absolute atomic E-state index is 0.0293. The van der Waals surface area contributed by atoms with Crippen LogP contribution in [0.5, 0.6) is 0 Å². The molecule has 1 aromatic rings. The molecule has 0 saturated heterocycles. The Balaban J connectivity index is 1.53. The summed E-state index contributed by atoms with van der Waals surface area (Å²) >= 11 is 0.529. The number of carbonyl (C=O) groups excluding carboxylic acids is 2. The quantitative estimate of drug-likeness (QED) is 0.405. The number of rotatable bonds is 6. The standard InChI is InChI=1S/C32H40F2N2O5S/c1-18-11-24-23-10-5-20-12-25(36-22-8-6-21(34)7-9-22)19(15-35)13-30(20,2)28(23)26(37)14-31(24,3)32(18,29(39)42-17-33)41-27(38)16-40-4/h6-9,12,15,18,23-24,26,28,37H,5,10-11,13-14,16-17,35H2,1-4H3/t18-,23+,24?,26?,28?,30+,31+,32+/m1/s1. The van der Waals surface area contributed by atoms with Crippen LogP contribution >= 0.6 is 11.8 Å². The van der Waals surface area contributed by atoms with E-state index in [1.807, 2.05) is 13.8 Å². The molecule has 0 aliphatic heterocycles. The molecule has 0 aromatic heterocycles. The third-order valence-electron chi connectivity index (χ3n) is 10.7. The lowest BCUT2D eigenvalue weighted by Gasteiger charge is -2.61. The van der Waals surface area contributed by atoms with Crippen molar-refractivity contribution in [3.63, 3.8) is 0 Å². The number of esters is 1. The zero-order chi connectivity index (χ0) is 30.4. The number of hydrogen-bond donors (Lipinski definition) is 2. The number of alkyl halides is 1. The van der Waals surface area contributed by atoms with E-state index in [4.69, 9.17) is 20.2 Å². The van der Waals surface area contributed by atoms with Gasteiger partial charge in [0.1, 0.15) is 18.4 Å². The van der Waals surface area contributed by atoms with Crippen LogP contribution in [0.3, 0.4) is 0 Å². The van der Waals surface area contributed by atoms with Crippen molar-refractivity contribution in [2.75, 3.05) is 19.7 Å². The molecule has 0 heterocycles. The average molecular weight is 603 g/mol. The molecule has 1 aromatic carbocycles. The normalized spacial score (nSPS) is 39.3. The second kappa shape index (κ2) is 11.5. The van der Waals surface area contributed by atoms with Gasteiger partial charge in [0, 0.05) is 18.4 Å². The highest BCUT2D eigenvalue weighted by molar-refractivity contribution is 8.13. The summed E-state index contributed by atoms with van der Waals surface area (Å²) in [6, 6.07) is 5.07. The van der Waals surface area contributed by atoms with E-state index in [2.05, 4.69) is 13.0 Å². The highest BCUT2D eigenvalue weighted by atomic mass is 32.2. The summed E-state index contributed by atoms with van der Waals surface area (Å²) in [6.07, 6.45) is 5.83. The Morgan fingerprint density at radius 1 is 1.26 bits per heavy atom. The molecule has 3 saturated carbocycles. The van der Waals surface area contributed by atoms with Crippen molar-refractivity contribution in [1.29, 1.82) is 0 Å². The number of aliphatic hydroxyl groups excluding tert-OH is 1. The Kier molecular flexibility index (Phi) is 8.46. The smallest absolute Gasteiger partial charge is 0.333 e. The predicted molar refractivity (Wildman–Crippen MR) is 158 cm³/mol. The largest absolute Gasteiger partial charge is 0.447 e. The Morgan fingerprint density at radius 3 is 2.62 bits per heavy atom. The van der Waals surface area contributed by atoms with Gasteiger partial charge in [0.05, 0.1) is 17.5 Å². The summed E-state index contributed by atoms with van der Waals surface area (Å²) in [6.45, 7) is 5.68. The van der Waals surface area contributed by atoms with E-state index in [-0.39, 0.29) is 42.5 Å². The summed E-state index contributed by atoms with van der Waals surface area (Å²) in [5, 5.41) is 11.5. The summed E-state index contributed by atoms with van der Waals surface area (Å²) in [4.78, 5) is 31.2. The average Bonchev–Trinajstić information content (AvgIpc) is 3.16. The van der Waals surface area contributed by atoms with Gasteiger partial charge in [0.25, 0.3) is 0 Å². The topological polar surface area (TPSA) is 111 Å². The molecule has 0 radical (unpaired) electrons. The fourth-order valence-corrected chi connectivity index (χ4v) is 9.87. The highest BCUT2D eigenvalue weighted by Gasteiger charge is 2.73. The van der Waals surface area contributed by atoms with Gasteiger partial charge in [-0.1, -0.05) is 26.3 Å². The number of halogens is 2. The van der Waals surface area contributed by atoms with Crippen molar-refractivity contribution in [2.24, 2.45) is 45.2 Å². The first-order valence-corrected chi connectivity index (χ1v) is 15.5. The van der Waals surface area contributed by atoms with Crippen LogP contribution in [-0.2, 0) is 19.1 Å². The molecule has 0 bridgehead atoms. The third kappa shape index (κ3) is 4.74. The van der Waals surface area contributed by atoms with E-state index in [1.165, 1.54) is 24.8 Å². The van der Waals surface area contributed by atoms with E-state index < -0.39 is 39.6 Å². The van der Waals surface area contributed by atoms with Crippen LogP contribution in [0, 0.1) is 40.3 Å². The summed E-state index contributed by atoms with van der Waals surface area (Å²) in [5.41, 5.74) is 6.66. The number of benzene rings is 1. The summed E-state index contributed by atoms with van der Waals surface area (Å²) < 4.78 is 38.0. The van der Waals surface area contributed by atoms with Crippen LogP contribution in [0.4, 0.5) is 14.5 Å². The van der Waals surface area contributed by atoms with Crippen molar-refractivity contribution in [1.82, 2.24) is 0 Å². The maximum Gasteiger partial charge on any atom is 0.333 e. The number of nitrogens with zero attached hydrogens (tertiary/aromatic N) is 1. The van der Waals surface area contributed by atoms with Crippen molar-refractivity contribution in [2.45, 2.75) is 64.6 Å². The number of carbonyl (C=O) groups is 2. The van der Waals surface area contributed by atoms with Gasteiger partial charge in [0.15, 0.2) is 5.60 Å². The molecule has 5 rings (SSSR count). The van der Waals surface area contributed by atoms with Gasteiger partial charge < -0.3 is 20.3 Å². The van der Waals surface area contributed by atoms with Gasteiger partial charge in [-0.3, -0.25) is 4.79 Å². The molecule has 4 aliphatic rings. The maximum atomic E-state index is 13.7. The fourth-order valence-electron chi connectivity index (χ4n) is 9.08. The van der Waals surface area contributed by atoms with Gasteiger partial charge in [-0.2, -0.15) is 0 Å². The molecule has 0 amide bonds. The molecule has 4 aliphatic carbocycles. The number of allylic oxidation sites excluding steroid dienone is 3. The molecule has 42 heavy (non-hydrogen) atoms. The van der Waals surface area contributed by atoms with Crippen LogP contribution < -0.4 is 5.73 Å². The Morgan fingerprint density at radius 2 is 1.98 bits per heavy atom. The van der Waals surface area contributed by atoms with Crippen LogP contribution in [0.15, 0.2) is 52.7 Å². The minimum Gasteiger partial charge on any atom is -0.447 e. The molecule has 3 N–H and O–H groups in total. The summed E-state index contributed by atoms with van der Waals surface area (Å²) in [5.74, 6) is -1.48. The number of hydrogen-bond acceptors (Lipinski definition) is 8. The highest BCUT2D eigenvalue weighted by Crippen LogP contribution is 2.70. The molecule has 3 unspecified atom stereocenters.